The van der Waals surface area contributed by atoms with Crippen LogP contribution < -0.4 is 5.32 Å². The highest BCUT2D eigenvalue weighted by molar-refractivity contribution is 6.33. The second kappa shape index (κ2) is 8.48. The smallest absolute Gasteiger partial charge is 0.289 e. The molecule has 0 fully saturated rings. The quantitative estimate of drug-likeness (QED) is 0.587. The third kappa shape index (κ3) is 4.60. The number of likely N-dealkylation sites (N-methyl/N-ethyl adjacent to an activating group) is 1. The molecule has 26 heavy (non-hydrogen) atoms. The summed E-state index contributed by atoms with van der Waals surface area (Å²) in [5.74, 6) is -0.369. The molecular weight excluding hydrogens is 362 g/mol. The van der Waals surface area contributed by atoms with Crippen LogP contribution in [-0.2, 0) is 4.79 Å². The van der Waals surface area contributed by atoms with E-state index in [2.05, 4.69) is 5.32 Å². The van der Waals surface area contributed by atoms with Gasteiger partial charge in [-0.25, -0.2) is 0 Å². The van der Waals surface area contributed by atoms with Gasteiger partial charge in [0.15, 0.2) is 5.76 Å². The lowest BCUT2D eigenvalue weighted by Gasteiger charge is -2.15. The van der Waals surface area contributed by atoms with Gasteiger partial charge in [-0.15, -0.1) is 0 Å². The SMILES string of the molecule is CCCNC(=O)CN(C)C(=O)c1ccc(-c2ccc([N+](=O)[O-])cc2Cl)o1. The van der Waals surface area contributed by atoms with E-state index in [0.29, 0.717) is 17.9 Å². The molecule has 2 rings (SSSR count). The Morgan fingerprint density at radius 3 is 2.65 bits per heavy atom. The molecule has 1 N–H and O–H groups in total. The normalized spacial score (nSPS) is 10.4. The van der Waals surface area contributed by atoms with Gasteiger partial charge in [0, 0.05) is 31.3 Å². The number of non-ortho nitro benzene ring substituents is 1. The second-order valence-electron chi connectivity index (χ2n) is 5.60. The summed E-state index contributed by atoms with van der Waals surface area (Å²) >= 11 is 6.06. The van der Waals surface area contributed by atoms with Crippen LogP contribution in [0.15, 0.2) is 34.7 Å². The lowest BCUT2D eigenvalue weighted by molar-refractivity contribution is -0.384. The van der Waals surface area contributed by atoms with Crippen LogP contribution in [0.1, 0.15) is 23.9 Å². The van der Waals surface area contributed by atoms with Crippen LogP contribution in [-0.4, -0.2) is 41.8 Å². The zero-order chi connectivity index (χ0) is 19.3. The third-order valence-corrected chi connectivity index (χ3v) is 3.86. The predicted octanol–water partition coefficient (Wildman–Crippen LogP) is 3.11. The zero-order valence-corrected chi connectivity index (χ0v) is 15.1. The van der Waals surface area contributed by atoms with Gasteiger partial charge in [0.05, 0.1) is 16.5 Å². The Balaban J connectivity index is 2.12. The van der Waals surface area contributed by atoms with E-state index < -0.39 is 10.8 Å². The maximum atomic E-state index is 12.4. The van der Waals surface area contributed by atoms with Gasteiger partial charge in [-0.3, -0.25) is 19.7 Å². The fourth-order valence-electron chi connectivity index (χ4n) is 2.21. The Bertz CT molecular complexity index is 834. The molecule has 1 aromatic heterocycles. The number of nitrogens with zero attached hydrogens (tertiary/aromatic N) is 2. The molecule has 1 aromatic carbocycles. The maximum Gasteiger partial charge on any atom is 0.289 e. The molecule has 0 atom stereocenters. The third-order valence-electron chi connectivity index (χ3n) is 3.55. The number of rotatable bonds is 7. The number of amides is 2. The summed E-state index contributed by atoms with van der Waals surface area (Å²) < 4.78 is 5.52. The number of nitrogens with one attached hydrogen (secondary N) is 1. The Labute approximate surface area is 154 Å². The lowest BCUT2D eigenvalue weighted by atomic mass is 10.1. The van der Waals surface area contributed by atoms with Crippen LogP contribution >= 0.6 is 11.6 Å². The van der Waals surface area contributed by atoms with Crippen molar-refractivity contribution in [3.8, 4) is 11.3 Å². The summed E-state index contributed by atoms with van der Waals surface area (Å²) in [7, 11) is 1.49. The van der Waals surface area contributed by atoms with Gasteiger partial charge in [-0.1, -0.05) is 18.5 Å². The molecule has 0 aliphatic heterocycles. The van der Waals surface area contributed by atoms with Gasteiger partial charge in [-0.05, 0) is 24.6 Å². The van der Waals surface area contributed by atoms with Gasteiger partial charge in [-0.2, -0.15) is 0 Å². The van der Waals surface area contributed by atoms with Gasteiger partial charge in [0.25, 0.3) is 11.6 Å². The minimum absolute atomic E-state index is 0.0419. The molecule has 0 bridgehead atoms. The highest BCUT2D eigenvalue weighted by atomic mass is 35.5. The Morgan fingerprint density at radius 2 is 2.04 bits per heavy atom. The molecule has 0 spiro atoms. The number of benzene rings is 1. The summed E-state index contributed by atoms with van der Waals surface area (Å²) in [4.78, 5) is 35.5. The Kier molecular flexibility index (Phi) is 6.35. The molecule has 9 heteroatoms. The zero-order valence-electron chi connectivity index (χ0n) is 14.3. The van der Waals surface area contributed by atoms with Gasteiger partial charge >= 0.3 is 0 Å². The van der Waals surface area contributed by atoms with Crippen molar-refractivity contribution in [1.82, 2.24) is 10.2 Å². The molecule has 0 unspecified atom stereocenters. The first kappa shape index (κ1) is 19.5. The summed E-state index contributed by atoms with van der Waals surface area (Å²) in [5, 5.41) is 13.6. The number of nitro benzene ring substituents is 1. The number of halogens is 1. The highest BCUT2D eigenvalue weighted by Crippen LogP contribution is 2.32. The molecule has 138 valence electrons. The van der Waals surface area contributed by atoms with Crippen LogP contribution in [0.5, 0.6) is 0 Å². The summed E-state index contributed by atoms with van der Waals surface area (Å²) in [6, 6.07) is 6.98. The minimum Gasteiger partial charge on any atom is -0.451 e. The summed E-state index contributed by atoms with van der Waals surface area (Å²) in [6.45, 7) is 2.39. The van der Waals surface area contributed by atoms with Crippen LogP contribution in [0.25, 0.3) is 11.3 Å². The van der Waals surface area contributed by atoms with Crippen LogP contribution in [0, 0.1) is 10.1 Å². The van der Waals surface area contributed by atoms with Crippen molar-refractivity contribution in [2.75, 3.05) is 20.1 Å². The lowest BCUT2D eigenvalue weighted by Crippen LogP contribution is -2.38. The van der Waals surface area contributed by atoms with E-state index in [1.54, 1.807) is 6.07 Å². The van der Waals surface area contributed by atoms with Crippen LogP contribution in [0.2, 0.25) is 5.02 Å². The Hall–Kier alpha value is -2.87. The van der Waals surface area contributed by atoms with Crippen molar-refractivity contribution in [3.05, 3.63) is 51.2 Å². The molecule has 2 aromatic rings. The van der Waals surface area contributed by atoms with Crippen molar-refractivity contribution in [2.45, 2.75) is 13.3 Å². The molecule has 1 heterocycles. The molecule has 0 radical (unpaired) electrons. The average molecular weight is 380 g/mol. The number of hydrogen-bond acceptors (Lipinski definition) is 5. The number of nitro groups is 1. The number of carbonyl (C=O) groups is 2. The van der Waals surface area contributed by atoms with E-state index in [-0.39, 0.29) is 28.9 Å². The predicted molar refractivity (Wildman–Crippen MR) is 96.1 cm³/mol. The van der Waals surface area contributed by atoms with Crippen molar-refractivity contribution < 1.29 is 18.9 Å². The van der Waals surface area contributed by atoms with E-state index >= 15 is 0 Å². The standard InChI is InChI=1S/C17H18ClN3O5/c1-3-8-19-16(22)10-20(2)17(23)15-7-6-14(26-15)12-5-4-11(21(24)25)9-13(12)18/h4-7,9H,3,8,10H2,1-2H3,(H,19,22). The monoisotopic (exact) mass is 379 g/mol. The molecule has 0 saturated carbocycles. The number of carbonyl (C=O) groups excluding carboxylic acids is 2. The highest BCUT2D eigenvalue weighted by Gasteiger charge is 2.20. The summed E-state index contributed by atoms with van der Waals surface area (Å²) in [5.41, 5.74) is 0.291. The van der Waals surface area contributed by atoms with Crippen molar-refractivity contribution in [2.24, 2.45) is 0 Å². The van der Waals surface area contributed by atoms with Gasteiger partial charge < -0.3 is 14.6 Å². The minimum atomic E-state index is -0.550. The second-order valence-corrected chi connectivity index (χ2v) is 6.00. The average Bonchev–Trinajstić information content (AvgIpc) is 3.08. The molecule has 0 aliphatic carbocycles. The molecule has 0 aliphatic rings. The molecule has 2 amide bonds. The van der Waals surface area contributed by atoms with Crippen LogP contribution in [0.3, 0.4) is 0 Å². The number of hydrogen-bond donors (Lipinski definition) is 1. The van der Waals surface area contributed by atoms with E-state index in [9.17, 15) is 19.7 Å². The molecule has 0 saturated heterocycles. The topological polar surface area (TPSA) is 106 Å². The summed E-state index contributed by atoms with van der Waals surface area (Å²) in [6.07, 6.45) is 0.806. The first-order chi connectivity index (χ1) is 12.3. The fourth-order valence-corrected chi connectivity index (χ4v) is 2.48. The van der Waals surface area contributed by atoms with Crippen molar-refractivity contribution >= 4 is 29.1 Å². The van der Waals surface area contributed by atoms with Crippen molar-refractivity contribution in [1.29, 1.82) is 0 Å². The first-order valence-corrected chi connectivity index (χ1v) is 8.27. The fraction of sp³-hybridized carbons (Fsp3) is 0.294. The maximum absolute atomic E-state index is 12.4. The van der Waals surface area contributed by atoms with E-state index in [1.165, 1.54) is 36.2 Å². The van der Waals surface area contributed by atoms with Crippen LogP contribution in [0.4, 0.5) is 5.69 Å². The van der Waals surface area contributed by atoms with E-state index in [0.717, 1.165) is 6.42 Å². The van der Waals surface area contributed by atoms with E-state index in [1.807, 2.05) is 6.92 Å². The van der Waals surface area contributed by atoms with Gasteiger partial charge in [0.2, 0.25) is 5.91 Å². The number of furan rings is 1. The van der Waals surface area contributed by atoms with Gasteiger partial charge in [0.1, 0.15) is 5.76 Å². The molecule has 8 nitrogen and oxygen atoms in total. The first-order valence-electron chi connectivity index (χ1n) is 7.89. The largest absolute Gasteiger partial charge is 0.451 e. The van der Waals surface area contributed by atoms with E-state index in [4.69, 9.17) is 16.0 Å². The molecular formula is C17H18ClN3O5. The Morgan fingerprint density at radius 1 is 1.31 bits per heavy atom. The van der Waals surface area contributed by atoms with Crippen molar-refractivity contribution in [3.63, 3.8) is 0 Å².